The van der Waals surface area contributed by atoms with Gasteiger partial charge in [-0.25, -0.2) is 0 Å². The average molecular weight is 286 g/mol. The summed E-state index contributed by atoms with van der Waals surface area (Å²) >= 11 is 6.20. The third-order valence-electron chi connectivity index (χ3n) is 3.54. The van der Waals surface area contributed by atoms with Crippen LogP contribution in [0.5, 0.6) is 0 Å². The standard InChI is InChI=1S/C16H16ClN3/c1-20-15-9-5-3-7-12(15)16(19-20)14(18)10-11-6-2-4-8-13(11)17/h2-9,14H,10,18H2,1H3. The Labute approximate surface area is 123 Å². The van der Waals surface area contributed by atoms with Crippen LogP contribution in [-0.4, -0.2) is 9.78 Å². The van der Waals surface area contributed by atoms with Crippen LogP contribution in [0.15, 0.2) is 48.5 Å². The fourth-order valence-electron chi connectivity index (χ4n) is 2.51. The van der Waals surface area contributed by atoms with E-state index in [0.29, 0.717) is 6.42 Å². The Hall–Kier alpha value is -1.84. The van der Waals surface area contributed by atoms with E-state index in [1.807, 2.05) is 54.2 Å². The van der Waals surface area contributed by atoms with E-state index in [1.165, 1.54) is 0 Å². The van der Waals surface area contributed by atoms with E-state index in [-0.39, 0.29) is 6.04 Å². The molecule has 1 atom stereocenters. The first-order valence-corrected chi connectivity index (χ1v) is 6.95. The molecule has 1 unspecified atom stereocenters. The Morgan fingerprint density at radius 2 is 1.85 bits per heavy atom. The van der Waals surface area contributed by atoms with Crippen molar-refractivity contribution in [2.45, 2.75) is 12.5 Å². The van der Waals surface area contributed by atoms with Crippen molar-refractivity contribution in [1.29, 1.82) is 0 Å². The number of aryl methyl sites for hydroxylation is 1. The van der Waals surface area contributed by atoms with Gasteiger partial charge in [0.25, 0.3) is 0 Å². The monoisotopic (exact) mass is 285 g/mol. The number of halogens is 1. The summed E-state index contributed by atoms with van der Waals surface area (Å²) < 4.78 is 1.87. The molecule has 3 nitrogen and oxygen atoms in total. The second-order valence-corrected chi connectivity index (χ2v) is 5.34. The maximum Gasteiger partial charge on any atom is 0.0873 e. The van der Waals surface area contributed by atoms with E-state index in [9.17, 15) is 0 Å². The van der Waals surface area contributed by atoms with Gasteiger partial charge in [-0.2, -0.15) is 5.10 Å². The first kappa shape index (κ1) is 13.2. The van der Waals surface area contributed by atoms with Gasteiger partial charge in [-0.05, 0) is 24.1 Å². The van der Waals surface area contributed by atoms with E-state index in [0.717, 1.165) is 27.2 Å². The lowest BCUT2D eigenvalue weighted by molar-refractivity contribution is 0.665. The number of rotatable bonds is 3. The second kappa shape index (κ2) is 5.27. The van der Waals surface area contributed by atoms with Crippen LogP contribution < -0.4 is 5.73 Å². The molecule has 0 aliphatic carbocycles. The van der Waals surface area contributed by atoms with Crippen molar-refractivity contribution >= 4 is 22.5 Å². The van der Waals surface area contributed by atoms with E-state index in [2.05, 4.69) is 11.2 Å². The molecule has 3 rings (SSSR count). The molecule has 4 heteroatoms. The zero-order valence-corrected chi connectivity index (χ0v) is 12.0. The van der Waals surface area contributed by atoms with E-state index < -0.39 is 0 Å². The molecule has 0 fully saturated rings. The Morgan fingerprint density at radius 3 is 2.65 bits per heavy atom. The minimum Gasteiger partial charge on any atom is -0.322 e. The highest BCUT2D eigenvalue weighted by molar-refractivity contribution is 6.31. The van der Waals surface area contributed by atoms with Crippen LogP contribution >= 0.6 is 11.6 Å². The summed E-state index contributed by atoms with van der Waals surface area (Å²) in [6, 6.07) is 15.8. The fraction of sp³-hybridized carbons (Fsp3) is 0.188. The zero-order valence-electron chi connectivity index (χ0n) is 11.3. The summed E-state index contributed by atoms with van der Waals surface area (Å²) in [7, 11) is 1.94. The Bertz CT molecular complexity index is 748. The zero-order chi connectivity index (χ0) is 14.1. The minimum absolute atomic E-state index is 0.166. The number of nitrogens with zero attached hydrogens (tertiary/aromatic N) is 2. The van der Waals surface area contributed by atoms with Crippen molar-refractivity contribution in [2.75, 3.05) is 0 Å². The maximum atomic E-state index is 6.34. The molecule has 3 aromatic rings. The Kier molecular flexibility index (Phi) is 3.47. The van der Waals surface area contributed by atoms with Crippen LogP contribution in [0, 0.1) is 0 Å². The number of hydrogen-bond donors (Lipinski definition) is 1. The largest absolute Gasteiger partial charge is 0.322 e. The molecule has 0 spiro atoms. The van der Waals surface area contributed by atoms with Crippen molar-refractivity contribution in [3.05, 3.63) is 64.8 Å². The maximum absolute atomic E-state index is 6.34. The van der Waals surface area contributed by atoms with Gasteiger partial charge in [-0.1, -0.05) is 48.0 Å². The quantitative estimate of drug-likeness (QED) is 0.801. The average Bonchev–Trinajstić information content (AvgIpc) is 2.79. The summed E-state index contributed by atoms with van der Waals surface area (Å²) in [5.41, 5.74) is 9.41. The summed E-state index contributed by atoms with van der Waals surface area (Å²) in [6.45, 7) is 0. The van der Waals surface area contributed by atoms with Gasteiger partial charge in [-0.15, -0.1) is 0 Å². The molecule has 1 aromatic heterocycles. The molecule has 0 saturated heterocycles. The lowest BCUT2D eigenvalue weighted by atomic mass is 10.0. The molecule has 0 aliphatic heterocycles. The number of para-hydroxylation sites is 1. The lowest BCUT2D eigenvalue weighted by Gasteiger charge is -2.11. The SMILES string of the molecule is Cn1nc(C(N)Cc2ccccc2Cl)c2ccccc21. The highest BCUT2D eigenvalue weighted by Crippen LogP contribution is 2.26. The highest BCUT2D eigenvalue weighted by atomic mass is 35.5. The molecule has 0 radical (unpaired) electrons. The summed E-state index contributed by atoms with van der Waals surface area (Å²) in [6.07, 6.45) is 0.681. The van der Waals surface area contributed by atoms with Crippen molar-refractivity contribution < 1.29 is 0 Å². The number of hydrogen-bond acceptors (Lipinski definition) is 2. The lowest BCUT2D eigenvalue weighted by Crippen LogP contribution is -2.15. The fourth-order valence-corrected chi connectivity index (χ4v) is 2.73. The molecule has 0 aliphatic rings. The van der Waals surface area contributed by atoms with E-state index >= 15 is 0 Å². The molecule has 2 N–H and O–H groups in total. The van der Waals surface area contributed by atoms with Gasteiger partial charge < -0.3 is 5.73 Å². The van der Waals surface area contributed by atoms with Gasteiger partial charge >= 0.3 is 0 Å². The summed E-state index contributed by atoms with van der Waals surface area (Å²) in [5.74, 6) is 0. The number of fused-ring (bicyclic) bond motifs is 1. The molecule has 0 saturated carbocycles. The van der Waals surface area contributed by atoms with E-state index in [4.69, 9.17) is 17.3 Å². The summed E-state index contributed by atoms with van der Waals surface area (Å²) in [5, 5.41) is 6.42. The van der Waals surface area contributed by atoms with Crippen molar-refractivity contribution in [2.24, 2.45) is 12.8 Å². The molecule has 2 aromatic carbocycles. The first-order chi connectivity index (χ1) is 9.66. The Morgan fingerprint density at radius 1 is 1.15 bits per heavy atom. The molecule has 0 amide bonds. The van der Waals surface area contributed by atoms with Gasteiger partial charge in [0.05, 0.1) is 17.3 Å². The van der Waals surface area contributed by atoms with Crippen LogP contribution in [-0.2, 0) is 13.5 Å². The minimum atomic E-state index is -0.166. The molecule has 1 heterocycles. The number of aromatic nitrogens is 2. The third-order valence-corrected chi connectivity index (χ3v) is 3.90. The molecule has 20 heavy (non-hydrogen) atoms. The van der Waals surface area contributed by atoms with Crippen molar-refractivity contribution in [3.63, 3.8) is 0 Å². The summed E-state index contributed by atoms with van der Waals surface area (Å²) in [4.78, 5) is 0. The second-order valence-electron chi connectivity index (χ2n) is 4.93. The van der Waals surface area contributed by atoms with Gasteiger partial charge in [0.15, 0.2) is 0 Å². The predicted octanol–water partition coefficient (Wildman–Crippen LogP) is 3.47. The Balaban J connectivity index is 1.97. The number of benzene rings is 2. The smallest absolute Gasteiger partial charge is 0.0873 e. The van der Waals surface area contributed by atoms with Gasteiger partial charge in [0, 0.05) is 17.5 Å². The van der Waals surface area contributed by atoms with Gasteiger partial charge in [-0.3, -0.25) is 4.68 Å². The number of nitrogens with two attached hydrogens (primary N) is 1. The van der Waals surface area contributed by atoms with Gasteiger partial charge in [0.2, 0.25) is 0 Å². The topological polar surface area (TPSA) is 43.8 Å². The highest BCUT2D eigenvalue weighted by Gasteiger charge is 2.16. The van der Waals surface area contributed by atoms with Crippen molar-refractivity contribution in [1.82, 2.24) is 9.78 Å². The van der Waals surface area contributed by atoms with Crippen LogP contribution in [0.25, 0.3) is 10.9 Å². The van der Waals surface area contributed by atoms with Gasteiger partial charge in [0.1, 0.15) is 0 Å². The van der Waals surface area contributed by atoms with Crippen LogP contribution in [0.4, 0.5) is 0 Å². The van der Waals surface area contributed by atoms with Crippen LogP contribution in [0.1, 0.15) is 17.3 Å². The van der Waals surface area contributed by atoms with Crippen molar-refractivity contribution in [3.8, 4) is 0 Å². The van der Waals surface area contributed by atoms with Crippen LogP contribution in [0.2, 0.25) is 5.02 Å². The normalized spacial score (nSPS) is 12.8. The predicted molar refractivity (Wildman–Crippen MR) is 82.8 cm³/mol. The molecular weight excluding hydrogens is 270 g/mol. The van der Waals surface area contributed by atoms with Crippen LogP contribution in [0.3, 0.4) is 0 Å². The first-order valence-electron chi connectivity index (χ1n) is 6.57. The molecular formula is C16H16ClN3. The third kappa shape index (κ3) is 2.30. The molecule has 102 valence electrons. The van der Waals surface area contributed by atoms with E-state index in [1.54, 1.807) is 0 Å². The molecule has 0 bridgehead atoms.